The van der Waals surface area contributed by atoms with Crippen LogP contribution in [0.3, 0.4) is 0 Å². The number of hydrogen-bond donors (Lipinski definition) is 2. The van der Waals surface area contributed by atoms with Crippen molar-refractivity contribution >= 4 is 5.97 Å². The number of hydrogen-bond acceptors (Lipinski definition) is 3. The average molecular weight is 258 g/mol. The maximum Gasteiger partial charge on any atom is 0.339 e. The first-order valence-electron chi connectivity index (χ1n) is 5.78. The van der Waals surface area contributed by atoms with Crippen LogP contribution in [0.1, 0.15) is 15.9 Å². The van der Waals surface area contributed by atoms with Crippen molar-refractivity contribution in [1.82, 2.24) is 0 Å². The summed E-state index contributed by atoms with van der Waals surface area (Å²) >= 11 is 0. The number of aliphatic hydroxyl groups is 1. The summed E-state index contributed by atoms with van der Waals surface area (Å²) < 4.78 is 5.22. The molecule has 0 bridgehead atoms. The predicted octanol–water partition coefficient (Wildman–Crippen LogP) is 2.55. The Bertz CT molecular complexity index is 605. The predicted molar refractivity (Wildman–Crippen MR) is 71.3 cm³/mol. The molecule has 0 fully saturated rings. The van der Waals surface area contributed by atoms with Gasteiger partial charge in [-0.1, -0.05) is 30.3 Å². The number of rotatable bonds is 4. The highest BCUT2D eigenvalue weighted by Crippen LogP contribution is 2.33. The number of methoxy groups -OCH3 is 1. The molecule has 0 radical (unpaired) electrons. The quantitative estimate of drug-likeness (QED) is 0.884. The molecule has 0 atom stereocenters. The molecule has 0 amide bonds. The van der Waals surface area contributed by atoms with Crippen molar-refractivity contribution in [3.63, 3.8) is 0 Å². The fourth-order valence-corrected chi connectivity index (χ4v) is 1.99. The Hall–Kier alpha value is -2.33. The van der Waals surface area contributed by atoms with Gasteiger partial charge in [-0.2, -0.15) is 0 Å². The minimum atomic E-state index is -1.03. The molecule has 0 aliphatic carbocycles. The summed E-state index contributed by atoms with van der Waals surface area (Å²) in [6, 6.07) is 12.2. The lowest BCUT2D eigenvalue weighted by Gasteiger charge is -2.12. The molecule has 0 aromatic heterocycles. The van der Waals surface area contributed by atoms with Gasteiger partial charge >= 0.3 is 5.97 Å². The van der Waals surface area contributed by atoms with Crippen LogP contribution < -0.4 is 4.74 Å². The molecule has 2 aromatic rings. The van der Waals surface area contributed by atoms with Crippen molar-refractivity contribution in [3.8, 4) is 16.9 Å². The van der Waals surface area contributed by atoms with Gasteiger partial charge in [0.05, 0.1) is 13.7 Å². The number of benzene rings is 2. The van der Waals surface area contributed by atoms with Gasteiger partial charge in [0.2, 0.25) is 0 Å². The maximum absolute atomic E-state index is 11.2. The van der Waals surface area contributed by atoms with Gasteiger partial charge in [0, 0.05) is 5.56 Å². The molecule has 2 aromatic carbocycles. The van der Waals surface area contributed by atoms with Crippen LogP contribution in [0.2, 0.25) is 0 Å². The Labute approximate surface area is 110 Å². The zero-order valence-electron chi connectivity index (χ0n) is 10.5. The van der Waals surface area contributed by atoms with Crippen LogP contribution in [0.5, 0.6) is 5.75 Å². The zero-order valence-corrected chi connectivity index (χ0v) is 10.5. The van der Waals surface area contributed by atoms with Crippen LogP contribution in [-0.4, -0.2) is 23.3 Å². The second-order valence-corrected chi connectivity index (χ2v) is 4.05. The fourth-order valence-electron chi connectivity index (χ4n) is 1.99. The molecule has 98 valence electrons. The first-order valence-corrected chi connectivity index (χ1v) is 5.78. The van der Waals surface area contributed by atoms with Crippen molar-refractivity contribution in [2.45, 2.75) is 6.61 Å². The minimum Gasteiger partial charge on any atom is -0.495 e. The van der Waals surface area contributed by atoms with Crippen molar-refractivity contribution in [2.75, 3.05) is 7.11 Å². The highest BCUT2D eigenvalue weighted by Gasteiger charge is 2.15. The molecule has 2 rings (SSSR count). The Balaban J connectivity index is 2.61. The molecule has 0 unspecified atom stereocenters. The van der Waals surface area contributed by atoms with Crippen LogP contribution >= 0.6 is 0 Å². The zero-order chi connectivity index (χ0) is 13.8. The molecule has 0 aliphatic heterocycles. The van der Waals surface area contributed by atoms with Gasteiger partial charge in [0.25, 0.3) is 0 Å². The first kappa shape index (κ1) is 13.1. The maximum atomic E-state index is 11.2. The van der Waals surface area contributed by atoms with Crippen molar-refractivity contribution in [3.05, 3.63) is 53.6 Å². The minimum absolute atomic E-state index is 0.0607. The summed E-state index contributed by atoms with van der Waals surface area (Å²) in [5, 5.41) is 18.3. The standard InChI is InChI=1S/C15H14O4/c1-19-14-12(6-3-7-13(14)15(17)18)11-5-2-4-10(8-11)9-16/h2-8,16H,9H2,1H3,(H,17,18). The van der Waals surface area contributed by atoms with E-state index >= 15 is 0 Å². The average Bonchev–Trinajstić information content (AvgIpc) is 2.46. The summed E-state index contributed by atoms with van der Waals surface area (Å²) in [5.74, 6) is -0.706. The van der Waals surface area contributed by atoms with Crippen LogP contribution in [0.25, 0.3) is 11.1 Å². The van der Waals surface area contributed by atoms with Gasteiger partial charge in [-0.25, -0.2) is 4.79 Å². The first-order chi connectivity index (χ1) is 9.17. The monoisotopic (exact) mass is 258 g/mol. The van der Waals surface area contributed by atoms with E-state index in [1.807, 2.05) is 18.2 Å². The number of aromatic carboxylic acids is 1. The lowest BCUT2D eigenvalue weighted by atomic mass is 9.99. The summed E-state index contributed by atoms with van der Waals surface area (Å²) in [6.45, 7) is -0.0607. The van der Waals surface area contributed by atoms with E-state index < -0.39 is 5.97 Å². The largest absolute Gasteiger partial charge is 0.495 e. The molecular formula is C15H14O4. The van der Waals surface area contributed by atoms with E-state index in [2.05, 4.69) is 0 Å². The molecule has 2 N–H and O–H groups in total. The molecule has 0 saturated heterocycles. The van der Waals surface area contributed by atoms with E-state index in [0.29, 0.717) is 11.3 Å². The normalized spacial score (nSPS) is 10.2. The molecule has 0 heterocycles. The third-order valence-electron chi connectivity index (χ3n) is 2.87. The number of aliphatic hydroxyl groups excluding tert-OH is 1. The molecule has 0 aliphatic rings. The van der Waals surface area contributed by atoms with Gasteiger partial charge in [-0.05, 0) is 23.3 Å². The summed E-state index contributed by atoms with van der Waals surface area (Å²) in [4.78, 5) is 11.2. The van der Waals surface area contributed by atoms with Crippen molar-refractivity contribution in [2.24, 2.45) is 0 Å². The lowest BCUT2D eigenvalue weighted by molar-refractivity contribution is 0.0693. The van der Waals surface area contributed by atoms with Crippen molar-refractivity contribution in [1.29, 1.82) is 0 Å². The Morgan fingerprint density at radius 3 is 2.58 bits per heavy atom. The van der Waals surface area contributed by atoms with Gasteiger partial charge < -0.3 is 14.9 Å². The van der Waals surface area contributed by atoms with Gasteiger partial charge in [-0.3, -0.25) is 0 Å². The molecular weight excluding hydrogens is 244 g/mol. The third kappa shape index (κ3) is 2.58. The van der Waals surface area contributed by atoms with Crippen molar-refractivity contribution < 1.29 is 19.7 Å². The summed E-state index contributed by atoms with van der Waals surface area (Å²) in [5.41, 5.74) is 2.39. The molecule has 4 heteroatoms. The second kappa shape index (κ2) is 5.54. The fraction of sp³-hybridized carbons (Fsp3) is 0.133. The topological polar surface area (TPSA) is 66.8 Å². The molecule has 19 heavy (non-hydrogen) atoms. The highest BCUT2D eigenvalue weighted by molar-refractivity contribution is 5.94. The third-order valence-corrected chi connectivity index (χ3v) is 2.87. The van der Waals surface area contributed by atoms with Crippen LogP contribution in [0.4, 0.5) is 0 Å². The number of para-hydroxylation sites is 1. The second-order valence-electron chi connectivity index (χ2n) is 4.05. The highest BCUT2D eigenvalue weighted by atomic mass is 16.5. The Morgan fingerprint density at radius 1 is 1.21 bits per heavy atom. The van der Waals surface area contributed by atoms with E-state index in [9.17, 15) is 4.79 Å². The Morgan fingerprint density at radius 2 is 1.95 bits per heavy atom. The molecule has 0 saturated carbocycles. The van der Waals surface area contributed by atoms with E-state index in [-0.39, 0.29) is 12.2 Å². The van der Waals surface area contributed by atoms with Gasteiger partial charge in [-0.15, -0.1) is 0 Å². The summed E-state index contributed by atoms with van der Waals surface area (Å²) in [6.07, 6.45) is 0. The smallest absolute Gasteiger partial charge is 0.339 e. The van der Waals surface area contributed by atoms with E-state index in [4.69, 9.17) is 14.9 Å². The lowest BCUT2D eigenvalue weighted by Crippen LogP contribution is -2.01. The number of carbonyl (C=O) groups is 1. The van der Waals surface area contributed by atoms with Crippen LogP contribution in [0, 0.1) is 0 Å². The van der Waals surface area contributed by atoms with Crippen LogP contribution in [0.15, 0.2) is 42.5 Å². The van der Waals surface area contributed by atoms with E-state index in [0.717, 1.165) is 11.1 Å². The molecule has 4 nitrogen and oxygen atoms in total. The summed E-state index contributed by atoms with van der Waals surface area (Å²) in [7, 11) is 1.45. The Kier molecular flexibility index (Phi) is 3.82. The number of carboxylic acid groups (broad SMARTS) is 1. The number of ether oxygens (including phenoxy) is 1. The molecule has 0 spiro atoms. The van der Waals surface area contributed by atoms with Gasteiger partial charge in [0.1, 0.15) is 11.3 Å². The van der Waals surface area contributed by atoms with Crippen LogP contribution in [-0.2, 0) is 6.61 Å². The van der Waals surface area contributed by atoms with Gasteiger partial charge in [0.15, 0.2) is 0 Å². The number of carboxylic acids is 1. The van der Waals surface area contributed by atoms with E-state index in [1.54, 1.807) is 18.2 Å². The SMILES string of the molecule is COc1c(C(=O)O)cccc1-c1cccc(CO)c1. The van der Waals surface area contributed by atoms with E-state index in [1.165, 1.54) is 13.2 Å².